The Morgan fingerprint density at radius 3 is 2.75 bits per heavy atom. The molecule has 24 heavy (non-hydrogen) atoms. The molecule has 0 fully saturated rings. The number of carbonyl (C=O) groups is 1. The number of hydrogen-bond donors (Lipinski definition) is 2. The molecule has 0 aromatic heterocycles. The van der Waals surface area contributed by atoms with Crippen molar-refractivity contribution >= 4 is 27.6 Å². The molecule has 0 saturated carbocycles. The standard InChI is InChI=1S/C20H18BrNO2/c1-11-12(20(23)24)9-10-15-13-6-4-7-14(13)19(22-18(11)15)16-5-2-3-8-17(16)21/h2-6,8-10,13-14,19,22H,7H2,1H3,(H,23,24)/t13-,14+,19+/m1/s1. The number of halogens is 1. The minimum Gasteiger partial charge on any atom is -0.478 e. The molecular formula is C20H18BrNO2. The highest BCUT2D eigenvalue weighted by molar-refractivity contribution is 9.10. The van der Waals surface area contributed by atoms with Gasteiger partial charge in [0.25, 0.3) is 0 Å². The normalized spacial score (nSPS) is 24.2. The van der Waals surface area contributed by atoms with Crippen LogP contribution in [0.5, 0.6) is 0 Å². The molecule has 2 N–H and O–H groups in total. The first kappa shape index (κ1) is 15.5. The van der Waals surface area contributed by atoms with E-state index in [-0.39, 0.29) is 6.04 Å². The third-order valence-electron chi connectivity index (χ3n) is 5.27. The average Bonchev–Trinajstić information content (AvgIpc) is 3.05. The van der Waals surface area contributed by atoms with Crippen molar-refractivity contribution in [2.75, 3.05) is 5.32 Å². The Labute approximate surface area is 149 Å². The Balaban J connectivity index is 1.87. The van der Waals surface area contributed by atoms with Gasteiger partial charge >= 0.3 is 5.97 Å². The van der Waals surface area contributed by atoms with Crippen molar-refractivity contribution in [1.29, 1.82) is 0 Å². The van der Waals surface area contributed by atoms with Crippen LogP contribution in [-0.2, 0) is 0 Å². The average molecular weight is 384 g/mol. The number of carboxylic acid groups (broad SMARTS) is 1. The van der Waals surface area contributed by atoms with Gasteiger partial charge in [0, 0.05) is 16.1 Å². The van der Waals surface area contributed by atoms with Crippen LogP contribution in [0, 0.1) is 12.8 Å². The van der Waals surface area contributed by atoms with E-state index in [4.69, 9.17) is 0 Å². The Bertz CT molecular complexity index is 859. The number of nitrogens with one attached hydrogen (secondary N) is 1. The van der Waals surface area contributed by atoms with E-state index in [2.05, 4.69) is 51.6 Å². The minimum atomic E-state index is -0.876. The minimum absolute atomic E-state index is 0.163. The van der Waals surface area contributed by atoms with Crippen molar-refractivity contribution in [2.45, 2.75) is 25.3 Å². The van der Waals surface area contributed by atoms with Crippen molar-refractivity contribution in [3.63, 3.8) is 0 Å². The molecule has 0 unspecified atom stereocenters. The zero-order valence-corrected chi connectivity index (χ0v) is 14.9. The Kier molecular flexibility index (Phi) is 3.72. The highest BCUT2D eigenvalue weighted by atomic mass is 79.9. The van der Waals surface area contributed by atoms with E-state index >= 15 is 0 Å². The maximum Gasteiger partial charge on any atom is 0.336 e. The molecule has 4 rings (SSSR count). The second-order valence-electron chi connectivity index (χ2n) is 6.50. The largest absolute Gasteiger partial charge is 0.478 e. The summed E-state index contributed by atoms with van der Waals surface area (Å²) in [5.74, 6) is -0.0928. The molecule has 3 atom stereocenters. The summed E-state index contributed by atoms with van der Waals surface area (Å²) in [6, 6.07) is 12.1. The van der Waals surface area contributed by atoms with Crippen LogP contribution in [0.4, 0.5) is 5.69 Å². The Morgan fingerprint density at radius 1 is 1.21 bits per heavy atom. The molecule has 122 valence electrons. The quantitative estimate of drug-likeness (QED) is 0.693. The van der Waals surface area contributed by atoms with E-state index in [9.17, 15) is 9.90 Å². The topological polar surface area (TPSA) is 49.3 Å². The highest BCUT2D eigenvalue weighted by Crippen LogP contribution is 2.51. The van der Waals surface area contributed by atoms with Gasteiger partial charge in [-0.05, 0) is 48.1 Å². The highest BCUT2D eigenvalue weighted by Gasteiger charge is 2.39. The Hall–Kier alpha value is -2.07. The van der Waals surface area contributed by atoms with Gasteiger partial charge in [0.1, 0.15) is 0 Å². The van der Waals surface area contributed by atoms with Crippen LogP contribution in [0.2, 0.25) is 0 Å². The number of aromatic carboxylic acids is 1. The number of fused-ring (bicyclic) bond motifs is 3. The fraction of sp³-hybridized carbons (Fsp3) is 0.250. The molecule has 4 heteroatoms. The van der Waals surface area contributed by atoms with Crippen molar-refractivity contribution in [3.05, 3.63) is 75.3 Å². The molecule has 0 bridgehead atoms. The van der Waals surface area contributed by atoms with Crippen LogP contribution in [0.15, 0.2) is 53.0 Å². The molecule has 2 aromatic carbocycles. The zero-order valence-electron chi connectivity index (χ0n) is 13.3. The van der Waals surface area contributed by atoms with Crippen molar-refractivity contribution in [1.82, 2.24) is 0 Å². The summed E-state index contributed by atoms with van der Waals surface area (Å²) in [7, 11) is 0. The van der Waals surface area contributed by atoms with Gasteiger partial charge < -0.3 is 10.4 Å². The molecule has 1 aliphatic heterocycles. The molecule has 0 radical (unpaired) electrons. The van der Waals surface area contributed by atoms with Gasteiger partial charge in [-0.2, -0.15) is 0 Å². The van der Waals surface area contributed by atoms with E-state index in [1.165, 1.54) is 11.1 Å². The summed E-state index contributed by atoms with van der Waals surface area (Å²) < 4.78 is 1.09. The van der Waals surface area contributed by atoms with Crippen LogP contribution in [0.1, 0.15) is 45.4 Å². The lowest BCUT2D eigenvalue weighted by Gasteiger charge is -2.39. The summed E-state index contributed by atoms with van der Waals surface area (Å²) in [4.78, 5) is 11.5. The molecule has 3 nitrogen and oxygen atoms in total. The first-order valence-corrected chi connectivity index (χ1v) is 8.91. The lowest BCUT2D eigenvalue weighted by molar-refractivity contribution is 0.0696. The first-order chi connectivity index (χ1) is 11.6. The fourth-order valence-electron chi connectivity index (χ4n) is 4.08. The number of rotatable bonds is 2. The second kappa shape index (κ2) is 5.78. The summed E-state index contributed by atoms with van der Waals surface area (Å²) in [6.07, 6.45) is 5.55. The Morgan fingerprint density at radius 2 is 2.00 bits per heavy atom. The molecule has 0 spiro atoms. The number of allylic oxidation sites excluding steroid dienone is 2. The predicted molar refractivity (Wildman–Crippen MR) is 98.6 cm³/mol. The zero-order chi connectivity index (χ0) is 16.8. The molecule has 1 heterocycles. The van der Waals surface area contributed by atoms with Crippen molar-refractivity contribution in [2.24, 2.45) is 5.92 Å². The van der Waals surface area contributed by atoms with Gasteiger partial charge in [-0.15, -0.1) is 0 Å². The van der Waals surface area contributed by atoms with E-state index in [1.54, 1.807) is 6.07 Å². The smallest absolute Gasteiger partial charge is 0.336 e. The number of hydrogen-bond acceptors (Lipinski definition) is 2. The van der Waals surface area contributed by atoms with Gasteiger partial charge in [-0.25, -0.2) is 4.79 Å². The molecular weight excluding hydrogens is 366 g/mol. The fourth-order valence-corrected chi connectivity index (χ4v) is 4.61. The molecule has 0 saturated heterocycles. The molecule has 2 aliphatic rings. The van der Waals surface area contributed by atoms with Crippen LogP contribution >= 0.6 is 15.9 Å². The summed E-state index contributed by atoms with van der Waals surface area (Å²) in [5.41, 5.74) is 4.59. The predicted octanol–water partition coefficient (Wildman–Crippen LogP) is 5.28. The maximum absolute atomic E-state index is 11.5. The third kappa shape index (κ3) is 2.28. The SMILES string of the molecule is Cc1c(C(=O)O)ccc2c1N[C@H](c1ccccc1Br)[C@H]1CC=C[C@@H]21. The van der Waals surface area contributed by atoms with Crippen LogP contribution < -0.4 is 5.32 Å². The van der Waals surface area contributed by atoms with Gasteiger partial charge in [-0.3, -0.25) is 0 Å². The second-order valence-corrected chi connectivity index (χ2v) is 7.36. The van der Waals surface area contributed by atoms with E-state index in [1.807, 2.05) is 19.1 Å². The van der Waals surface area contributed by atoms with Crippen LogP contribution in [0.3, 0.4) is 0 Å². The third-order valence-corrected chi connectivity index (χ3v) is 5.99. The first-order valence-electron chi connectivity index (χ1n) is 8.12. The van der Waals surface area contributed by atoms with Crippen LogP contribution in [-0.4, -0.2) is 11.1 Å². The summed E-state index contributed by atoms with van der Waals surface area (Å²) in [5, 5.41) is 13.1. The molecule has 2 aromatic rings. The van der Waals surface area contributed by atoms with Crippen LogP contribution in [0.25, 0.3) is 0 Å². The monoisotopic (exact) mass is 383 g/mol. The van der Waals surface area contributed by atoms with Gasteiger partial charge in [0.15, 0.2) is 0 Å². The van der Waals surface area contributed by atoms with Crippen molar-refractivity contribution in [3.8, 4) is 0 Å². The van der Waals surface area contributed by atoms with E-state index in [0.717, 1.165) is 22.1 Å². The lowest BCUT2D eigenvalue weighted by Crippen LogP contribution is -2.30. The number of carboxylic acids is 1. The molecule has 0 amide bonds. The number of anilines is 1. The van der Waals surface area contributed by atoms with Gasteiger partial charge in [0.2, 0.25) is 0 Å². The van der Waals surface area contributed by atoms with Gasteiger partial charge in [-0.1, -0.05) is 52.3 Å². The van der Waals surface area contributed by atoms with E-state index < -0.39 is 5.97 Å². The van der Waals surface area contributed by atoms with E-state index in [0.29, 0.717) is 17.4 Å². The number of benzene rings is 2. The lowest BCUT2D eigenvalue weighted by atomic mass is 9.76. The maximum atomic E-state index is 11.5. The molecule has 1 aliphatic carbocycles. The summed E-state index contributed by atoms with van der Waals surface area (Å²) >= 11 is 3.67. The van der Waals surface area contributed by atoms with Crippen molar-refractivity contribution < 1.29 is 9.90 Å². The summed E-state index contributed by atoms with van der Waals surface area (Å²) in [6.45, 7) is 1.89. The van der Waals surface area contributed by atoms with Gasteiger partial charge in [0.05, 0.1) is 11.6 Å².